The van der Waals surface area contributed by atoms with Crippen LogP contribution in [0.25, 0.3) is 0 Å². The second kappa shape index (κ2) is 4.30. The molecule has 0 aliphatic rings. The molecule has 0 aromatic carbocycles. The fourth-order valence-electron chi connectivity index (χ4n) is 0.817. The molecule has 0 radical (unpaired) electrons. The molecule has 0 aliphatic heterocycles. The molecule has 0 amide bonds. The van der Waals surface area contributed by atoms with Crippen LogP contribution in [0.3, 0.4) is 0 Å². The van der Waals surface area contributed by atoms with Crippen molar-refractivity contribution in [1.82, 2.24) is 9.97 Å². The number of nitro groups is 1. The van der Waals surface area contributed by atoms with Crippen LogP contribution in [-0.4, -0.2) is 22.0 Å². The average Bonchev–Trinajstić information content (AvgIpc) is 2.15. The molecule has 1 aromatic rings. The van der Waals surface area contributed by atoms with Crippen LogP contribution in [0.1, 0.15) is 12.2 Å². The maximum absolute atomic E-state index is 12.2. The van der Waals surface area contributed by atoms with Crippen molar-refractivity contribution in [3.05, 3.63) is 21.1 Å². The van der Waals surface area contributed by atoms with Gasteiger partial charge in [0.25, 0.3) is 12.3 Å². The summed E-state index contributed by atoms with van der Waals surface area (Å²) in [5.41, 5.74) is -0.733. The van der Waals surface area contributed by atoms with E-state index in [0.29, 0.717) is 0 Å². The fraction of sp³-hybridized carbons (Fsp3) is 0.333. The average molecular weight is 240 g/mol. The van der Waals surface area contributed by atoms with Gasteiger partial charge in [0.1, 0.15) is 0 Å². The summed E-state index contributed by atoms with van der Waals surface area (Å²) in [6, 6.07) is 0. The lowest BCUT2D eigenvalue weighted by Gasteiger charge is -2.04. The Bertz CT molecular complexity index is 401. The Morgan fingerprint density at radius 2 is 2.13 bits per heavy atom. The van der Waals surface area contributed by atoms with Gasteiger partial charge in [0.15, 0.2) is 0 Å². The smallest absolute Gasteiger partial charge is 0.367 e. The van der Waals surface area contributed by atoms with E-state index in [4.69, 9.17) is 11.6 Å². The molecule has 82 valence electrons. The molecule has 15 heavy (non-hydrogen) atoms. The summed E-state index contributed by atoms with van der Waals surface area (Å²) in [4.78, 5) is 15.8. The van der Waals surface area contributed by atoms with Crippen molar-refractivity contribution in [2.45, 2.75) is 6.43 Å². The molecule has 0 fully saturated rings. The predicted octanol–water partition coefficient (Wildman–Crippen LogP) is 1.98. The second-order valence-corrected chi connectivity index (χ2v) is 2.65. The molecule has 0 N–H and O–H groups in total. The van der Waals surface area contributed by atoms with Gasteiger partial charge >= 0.3 is 5.69 Å². The molecule has 0 spiro atoms. The van der Waals surface area contributed by atoms with Crippen molar-refractivity contribution in [2.24, 2.45) is 0 Å². The fourth-order valence-corrected chi connectivity index (χ4v) is 1.05. The van der Waals surface area contributed by atoms with Gasteiger partial charge < -0.3 is 4.74 Å². The minimum absolute atomic E-state index is 0.588. The van der Waals surface area contributed by atoms with E-state index >= 15 is 0 Å². The standard InChI is InChI=1S/C6H4ClF2N3O3/c1-15-6-2(12(13)14)3(7)10-5(11-6)4(8)9/h4H,1H3. The van der Waals surface area contributed by atoms with Crippen LogP contribution in [0.4, 0.5) is 14.5 Å². The third kappa shape index (κ3) is 2.27. The van der Waals surface area contributed by atoms with Crippen LogP contribution < -0.4 is 4.74 Å². The number of aromatic nitrogens is 2. The topological polar surface area (TPSA) is 78.2 Å². The lowest BCUT2D eigenvalue weighted by molar-refractivity contribution is -0.386. The van der Waals surface area contributed by atoms with Gasteiger partial charge in [0, 0.05) is 0 Å². The highest BCUT2D eigenvalue weighted by Gasteiger charge is 2.26. The number of halogens is 3. The lowest BCUT2D eigenvalue weighted by Crippen LogP contribution is -2.03. The zero-order valence-corrected chi connectivity index (χ0v) is 8.03. The predicted molar refractivity (Wildman–Crippen MR) is 45.2 cm³/mol. The van der Waals surface area contributed by atoms with Gasteiger partial charge in [0.2, 0.25) is 11.0 Å². The van der Waals surface area contributed by atoms with Crippen molar-refractivity contribution >= 4 is 17.3 Å². The highest BCUT2D eigenvalue weighted by molar-refractivity contribution is 6.31. The van der Waals surface area contributed by atoms with E-state index in [-0.39, 0.29) is 0 Å². The van der Waals surface area contributed by atoms with E-state index in [2.05, 4.69) is 14.7 Å². The van der Waals surface area contributed by atoms with Gasteiger partial charge in [0.05, 0.1) is 12.0 Å². The Morgan fingerprint density at radius 1 is 1.53 bits per heavy atom. The van der Waals surface area contributed by atoms with E-state index in [9.17, 15) is 18.9 Å². The van der Waals surface area contributed by atoms with E-state index in [1.54, 1.807) is 0 Å². The Hall–Kier alpha value is -1.57. The summed E-state index contributed by atoms with van der Waals surface area (Å²) in [7, 11) is 1.06. The summed E-state index contributed by atoms with van der Waals surface area (Å²) in [6.07, 6.45) is -2.97. The summed E-state index contributed by atoms with van der Waals surface area (Å²) >= 11 is 5.35. The molecule has 1 rings (SSSR count). The minimum atomic E-state index is -2.97. The van der Waals surface area contributed by atoms with Crippen LogP contribution in [-0.2, 0) is 0 Å². The summed E-state index contributed by atoms with van der Waals surface area (Å²) in [5, 5.41) is 9.78. The van der Waals surface area contributed by atoms with Crippen LogP contribution in [0, 0.1) is 10.1 Å². The van der Waals surface area contributed by atoms with Crippen LogP contribution >= 0.6 is 11.6 Å². The number of rotatable bonds is 3. The Morgan fingerprint density at radius 3 is 2.53 bits per heavy atom. The lowest BCUT2D eigenvalue weighted by atomic mass is 10.5. The molecule has 0 atom stereocenters. The highest BCUT2D eigenvalue weighted by Crippen LogP contribution is 2.32. The molecule has 0 aliphatic carbocycles. The first-order chi connectivity index (χ1) is 6.97. The molecule has 0 saturated heterocycles. The van der Waals surface area contributed by atoms with Crippen molar-refractivity contribution < 1.29 is 18.4 Å². The van der Waals surface area contributed by atoms with Crippen LogP contribution in [0.15, 0.2) is 0 Å². The molecule has 9 heteroatoms. The molecule has 0 bridgehead atoms. The second-order valence-electron chi connectivity index (χ2n) is 2.29. The maximum atomic E-state index is 12.2. The number of methoxy groups -OCH3 is 1. The van der Waals surface area contributed by atoms with Crippen molar-refractivity contribution in [3.63, 3.8) is 0 Å². The molecular weight excluding hydrogens is 236 g/mol. The van der Waals surface area contributed by atoms with Crippen molar-refractivity contribution in [2.75, 3.05) is 7.11 Å². The van der Waals surface area contributed by atoms with Gasteiger partial charge in [-0.2, -0.15) is 4.98 Å². The van der Waals surface area contributed by atoms with Gasteiger partial charge in [-0.1, -0.05) is 11.6 Å². The molecule has 0 saturated carbocycles. The van der Waals surface area contributed by atoms with Crippen LogP contribution in [0.5, 0.6) is 5.88 Å². The third-order valence-corrected chi connectivity index (χ3v) is 1.66. The van der Waals surface area contributed by atoms with E-state index in [0.717, 1.165) is 7.11 Å². The molecule has 6 nitrogen and oxygen atoms in total. The SMILES string of the molecule is COc1nc(C(F)F)nc(Cl)c1[N+](=O)[O-]. The van der Waals surface area contributed by atoms with Gasteiger partial charge in [-0.15, -0.1) is 0 Å². The number of alkyl halides is 2. The third-order valence-electron chi connectivity index (χ3n) is 1.40. The first-order valence-electron chi connectivity index (χ1n) is 3.51. The zero-order valence-electron chi connectivity index (χ0n) is 7.28. The molecular formula is C6H4ClF2N3O3. The van der Waals surface area contributed by atoms with E-state index < -0.39 is 33.9 Å². The molecule has 1 aromatic heterocycles. The minimum Gasteiger partial charge on any atom is -0.476 e. The quantitative estimate of drug-likeness (QED) is 0.458. The summed E-state index contributed by atoms with van der Waals surface area (Å²) < 4.78 is 28.8. The Balaban J connectivity index is 3.37. The van der Waals surface area contributed by atoms with Gasteiger partial charge in [-0.05, 0) is 0 Å². The first-order valence-corrected chi connectivity index (χ1v) is 3.89. The molecule has 0 unspecified atom stereocenters. The van der Waals surface area contributed by atoms with Crippen molar-refractivity contribution in [1.29, 1.82) is 0 Å². The number of hydrogen-bond acceptors (Lipinski definition) is 5. The number of nitrogens with zero attached hydrogens (tertiary/aromatic N) is 3. The normalized spacial score (nSPS) is 10.5. The van der Waals surface area contributed by atoms with Crippen molar-refractivity contribution in [3.8, 4) is 5.88 Å². The maximum Gasteiger partial charge on any atom is 0.367 e. The monoisotopic (exact) mass is 239 g/mol. The number of ether oxygens (including phenoxy) is 1. The Labute approximate surface area is 87.0 Å². The largest absolute Gasteiger partial charge is 0.476 e. The van der Waals surface area contributed by atoms with Crippen LogP contribution in [0.2, 0.25) is 5.15 Å². The first kappa shape index (κ1) is 11.5. The van der Waals surface area contributed by atoms with Gasteiger partial charge in [-0.25, -0.2) is 13.8 Å². The number of hydrogen-bond donors (Lipinski definition) is 0. The summed E-state index contributed by atoms with van der Waals surface area (Å²) in [5.74, 6) is -1.50. The van der Waals surface area contributed by atoms with E-state index in [1.165, 1.54) is 0 Å². The summed E-state index contributed by atoms with van der Waals surface area (Å²) in [6.45, 7) is 0. The highest BCUT2D eigenvalue weighted by atomic mass is 35.5. The zero-order chi connectivity index (χ0) is 11.6. The van der Waals surface area contributed by atoms with Gasteiger partial charge in [-0.3, -0.25) is 10.1 Å². The van der Waals surface area contributed by atoms with E-state index in [1.807, 2.05) is 0 Å². The molecule has 1 heterocycles. The Kier molecular flexibility index (Phi) is 3.30.